The first-order valence-electron chi connectivity index (χ1n) is 6.54. The zero-order chi connectivity index (χ0) is 13.0. The molecule has 100 valence electrons. The molecule has 18 heavy (non-hydrogen) atoms. The minimum atomic E-state index is 0.0120. The first-order valence-corrected chi connectivity index (χ1v) is 6.54. The Kier molecular flexibility index (Phi) is 4.58. The van der Waals surface area contributed by atoms with E-state index in [1.807, 2.05) is 6.07 Å². The van der Waals surface area contributed by atoms with E-state index in [-0.39, 0.29) is 6.04 Å². The molecule has 3 N–H and O–H groups in total. The van der Waals surface area contributed by atoms with Gasteiger partial charge in [0.25, 0.3) is 0 Å². The fourth-order valence-corrected chi connectivity index (χ4v) is 2.41. The molecule has 1 aromatic rings. The van der Waals surface area contributed by atoms with E-state index < -0.39 is 0 Å². The molecule has 0 amide bonds. The van der Waals surface area contributed by atoms with Gasteiger partial charge in [-0.3, -0.25) is 4.90 Å². The number of hydrogen-bond donors (Lipinski definition) is 2. The van der Waals surface area contributed by atoms with Crippen LogP contribution in [0, 0.1) is 6.92 Å². The van der Waals surface area contributed by atoms with Crippen molar-refractivity contribution in [2.75, 3.05) is 39.8 Å². The second-order valence-corrected chi connectivity index (χ2v) is 4.90. The first kappa shape index (κ1) is 13.3. The van der Waals surface area contributed by atoms with Gasteiger partial charge in [0.1, 0.15) is 5.75 Å². The van der Waals surface area contributed by atoms with Crippen LogP contribution in [0.25, 0.3) is 0 Å². The normalized spacial score (nSPS) is 18.6. The van der Waals surface area contributed by atoms with Gasteiger partial charge in [0, 0.05) is 44.3 Å². The number of nitrogens with two attached hydrogens (primary N) is 1. The van der Waals surface area contributed by atoms with E-state index in [4.69, 9.17) is 10.5 Å². The van der Waals surface area contributed by atoms with E-state index in [1.165, 1.54) is 5.56 Å². The Balaban J connectivity index is 2.07. The molecule has 1 fully saturated rings. The van der Waals surface area contributed by atoms with Crippen molar-refractivity contribution in [3.05, 3.63) is 29.3 Å². The van der Waals surface area contributed by atoms with Gasteiger partial charge in [-0.05, 0) is 13.0 Å². The molecular weight excluding hydrogens is 226 g/mol. The summed E-state index contributed by atoms with van der Waals surface area (Å²) >= 11 is 0. The van der Waals surface area contributed by atoms with E-state index in [1.54, 1.807) is 7.11 Å². The summed E-state index contributed by atoms with van der Waals surface area (Å²) in [5.41, 5.74) is 8.66. The maximum atomic E-state index is 6.33. The van der Waals surface area contributed by atoms with Crippen molar-refractivity contribution < 1.29 is 4.74 Å². The van der Waals surface area contributed by atoms with Crippen molar-refractivity contribution in [3.8, 4) is 5.75 Å². The highest BCUT2D eigenvalue weighted by atomic mass is 16.5. The minimum Gasteiger partial charge on any atom is -0.496 e. The molecule has 0 radical (unpaired) electrons. The van der Waals surface area contributed by atoms with Crippen LogP contribution >= 0.6 is 0 Å². The Morgan fingerprint density at radius 2 is 2.11 bits per heavy atom. The zero-order valence-electron chi connectivity index (χ0n) is 11.3. The summed E-state index contributed by atoms with van der Waals surface area (Å²) in [5.74, 6) is 0.892. The monoisotopic (exact) mass is 249 g/mol. The van der Waals surface area contributed by atoms with Gasteiger partial charge in [0.2, 0.25) is 0 Å². The fourth-order valence-electron chi connectivity index (χ4n) is 2.41. The maximum Gasteiger partial charge on any atom is 0.123 e. The molecule has 2 rings (SSSR count). The molecule has 1 unspecified atom stereocenters. The smallest absolute Gasteiger partial charge is 0.123 e. The second-order valence-electron chi connectivity index (χ2n) is 4.90. The Bertz CT molecular complexity index is 389. The van der Waals surface area contributed by atoms with Gasteiger partial charge in [-0.15, -0.1) is 0 Å². The van der Waals surface area contributed by atoms with Gasteiger partial charge in [-0.2, -0.15) is 0 Å². The van der Waals surface area contributed by atoms with Gasteiger partial charge in [-0.1, -0.05) is 17.7 Å². The molecule has 0 bridgehead atoms. The van der Waals surface area contributed by atoms with E-state index in [0.717, 1.165) is 44.0 Å². The van der Waals surface area contributed by atoms with E-state index in [0.29, 0.717) is 0 Å². The summed E-state index contributed by atoms with van der Waals surface area (Å²) < 4.78 is 5.40. The lowest BCUT2D eigenvalue weighted by Crippen LogP contribution is -2.46. The van der Waals surface area contributed by atoms with Crippen LogP contribution in [0.1, 0.15) is 17.2 Å². The summed E-state index contributed by atoms with van der Waals surface area (Å²) in [7, 11) is 1.70. The molecule has 0 spiro atoms. The van der Waals surface area contributed by atoms with Crippen LogP contribution in [0.2, 0.25) is 0 Å². The number of piperazine rings is 1. The molecule has 1 atom stereocenters. The van der Waals surface area contributed by atoms with Gasteiger partial charge in [-0.25, -0.2) is 0 Å². The Morgan fingerprint density at radius 1 is 1.39 bits per heavy atom. The Hall–Kier alpha value is -1.10. The average Bonchev–Trinajstić information content (AvgIpc) is 2.40. The second kappa shape index (κ2) is 6.18. The van der Waals surface area contributed by atoms with E-state index in [9.17, 15) is 0 Å². The average molecular weight is 249 g/mol. The molecule has 0 saturated carbocycles. The van der Waals surface area contributed by atoms with Crippen LogP contribution in [0.5, 0.6) is 5.75 Å². The lowest BCUT2D eigenvalue weighted by atomic mass is 10.0. The number of aryl methyl sites for hydroxylation is 1. The van der Waals surface area contributed by atoms with E-state index in [2.05, 4.69) is 29.3 Å². The Morgan fingerprint density at radius 3 is 2.78 bits per heavy atom. The van der Waals surface area contributed by atoms with Crippen molar-refractivity contribution in [2.24, 2.45) is 5.73 Å². The minimum absolute atomic E-state index is 0.0120. The number of nitrogens with one attached hydrogen (secondary N) is 1. The van der Waals surface area contributed by atoms with Gasteiger partial charge < -0.3 is 15.8 Å². The summed E-state index contributed by atoms with van der Waals surface area (Å²) in [6.07, 6.45) is 0. The summed E-state index contributed by atoms with van der Waals surface area (Å²) in [5, 5.41) is 3.35. The fraction of sp³-hybridized carbons (Fsp3) is 0.571. The first-order chi connectivity index (χ1) is 8.70. The third-order valence-corrected chi connectivity index (χ3v) is 3.45. The van der Waals surface area contributed by atoms with Crippen molar-refractivity contribution in [1.82, 2.24) is 10.2 Å². The predicted octanol–water partition coefficient (Wildman–Crippen LogP) is 0.909. The number of nitrogens with zero attached hydrogens (tertiary/aromatic N) is 1. The SMILES string of the molecule is COc1ccc(C)cc1C(N)CN1CCNCC1. The highest BCUT2D eigenvalue weighted by Crippen LogP contribution is 2.25. The van der Waals surface area contributed by atoms with Gasteiger partial charge in [0.05, 0.1) is 7.11 Å². The van der Waals surface area contributed by atoms with Crippen molar-refractivity contribution in [3.63, 3.8) is 0 Å². The largest absolute Gasteiger partial charge is 0.496 e. The van der Waals surface area contributed by atoms with Crippen LogP contribution < -0.4 is 15.8 Å². The molecule has 1 heterocycles. The Labute approximate surface area is 109 Å². The molecular formula is C14H23N3O. The van der Waals surface area contributed by atoms with Crippen molar-refractivity contribution >= 4 is 0 Å². The predicted molar refractivity (Wildman–Crippen MR) is 74.0 cm³/mol. The molecule has 4 nitrogen and oxygen atoms in total. The molecule has 1 aliphatic rings. The van der Waals surface area contributed by atoms with Crippen LogP contribution in [0.3, 0.4) is 0 Å². The van der Waals surface area contributed by atoms with Crippen LogP contribution in [0.4, 0.5) is 0 Å². The maximum absolute atomic E-state index is 6.33. The lowest BCUT2D eigenvalue weighted by molar-refractivity contribution is 0.226. The van der Waals surface area contributed by atoms with Crippen molar-refractivity contribution in [1.29, 1.82) is 0 Å². The van der Waals surface area contributed by atoms with Gasteiger partial charge in [0.15, 0.2) is 0 Å². The highest BCUT2D eigenvalue weighted by molar-refractivity contribution is 5.39. The topological polar surface area (TPSA) is 50.5 Å². The van der Waals surface area contributed by atoms with E-state index >= 15 is 0 Å². The quantitative estimate of drug-likeness (QED) is 0.833. The summed E-state index contributed by atoms with van der Waals surface area (Å²) in [6, 6.07) is 6.20. The molecule has 1 aliphatic heterocycles. The van der Waals surface area contributed by atoms with Crippen LogP contribution in [0.15, 0.2) is 18.2 Å². The zero-order valence-corrected chi connectivity index (χ0v) is 11.3. The summed E-state index contributed by atoms with van der Waals surface area (Å²) in [4.78, 5) is 2.41. The summed E-state index contributed by atoms with van der Waals surface area (Å²) in [6.45, 7) is 7.22. The number of rotatable bonds is 4. The standard InChI is InChI=1S/C14H23N3O/c1-11-3-4-14(18-2)12(9-11)13(15)10-17-7-5-16-6-8-17/h3-4,9,13,16H,5-8,10,15H2,1-2H3. The molecule has 0 aromatic heterocycles. The number of benzene rings is 1. The van der Waals surface area contributed by atoms with Crippen LogP contribution in [-0.4, -0.2) is 44.7 Å². The van der Waals surface area contributed by atoms with Gasteiger partial charge >= 0.3 is 0 Å². The molecule has 0 aliphatic carbocycles. The van der Waals surface area contributed by atoms with Crippen LogP contribution in [-0.2, 0) is 0 Å². The third-order valence-electron chi connectivity index (χ3n) is 3.45. The number of ether oxygens (including phenoxy) is 1. The molecule has 4 heteroatoms. The third kappa shape index (κ3) is 3.22. The molecule has 1 saturated heterocycles. The molecule has 1 aromatic carbocycles. The lowest BCUT2D eigenvalue weighted by Gasteiger charge is -2.30. The number of hydrogen-bond acceptors (Lipinski definition) is 4. The number of methoxy groups -OCH3 is 1. The van der Waals surface area contributed by atoms with Crippen molar-refractivity contribution in [2.45, 2.75) is 13.0 Å². The highest BCUT2D eigenvalue weighted by Gasteiger charge is 2.17.